The van der Waals surface area contributed by atoms with E-state index in [4.69, 9.17) is 5.11 Å². The lowest BCUT2D eigenvalue weighted by Crippen LogP contribution is -2.50. The lowest BCUT2D eigenvalue weighted by Gasteiger charge is -2.31. The van der Waals surface area contributed by atoms with Gasteiger partial charge in [-0.3, -0.25) is 5.32 Å². The van der Waals surface area contributed by atoms with Crippen LogP contribution in [0, 0.1) is 0 Å². The predicted molar refractivity (Wildman–Crippen MR) is 87.7 cm³/mol. The Morgan fingerprint density at radius 2 is 2.05 bits per heavy atom. The zero-order valence-electron chi connectivity index (χ0n) is 12.7. The lowest BCUT2D eigenvalue weighted by atomic mass is 9.87. The highest BCUT2D eigenvalue weighted by Gasteiger charge is 2.39. The van der Waals surface area contributed by atoms with E-state index in [1.165, 1.54) is 0 Å². The number of carbonyl (C=O) groups is 1. The standard InChI is InChI=1S/C16H25NO3S/c1-3-10-17-16(15(19)20,9-11-21-13(2)12-18)14-7-5-4-6-8-14/h4-8,13,17-18H,3,9-12H2,1-2H3,(H,19,20). The zero-order valence-corrected chi connectivity index (χ0v) is 13.5. The molecule has 0 fully saturated rings. The summed E-state index contributed by atoms with van der Waals surface area (Å²) in [5.41, 5.74) is -0.275. The molecule has 118 valence electrons. The predicted octanol–water partition coefficient (Wildman–Crippen LogP) is 2.47. The number of benzene rings is 1. The van der Waals surface area contributed by atoms with Crippen molar-refractivity contribution in [2.75, 3.05) is 18.9 Å². The maximum atomic E-state index is 12.0. The van der Waals surface area contributed by atoms with Crippen LogP contribution < -0.4 is 5.32 Å². The molecule has 0 radical (unpaired) electrons. The second kappa shape index (κ2) is 9.07. The van der Waals surface area contributed by atoms with Crippen LogP contribution >= 0.6 is 11.8 Å². The van der Waals surface area contributed by atoms with Crippen LogP contribution in [-0.2, 0) is 10.3 Å². The van der Waals surface area contributed by atoms with Crippen molar-refractivity contribution in [3.05, 3.63) is 35.9 Å². The monoisotopic (exact) mass is 311 g/mol. The summed E-state index contributed by atoms with van der Waals surface area (Å²) >= 11 is 1.60. The Morgan fingerprint density at radius 3 is 2.57 bits per heavy atom. The van der Waals surface area contributed by atoms with Gasteiger partial charge in [0.2, 0.25) is 0 Å². The van der Waals surface area contributed by atoms with Gasteiger partial charge in [-0.1, -0.05) is 44.2 Å². The van der Waals surface area contributed by atoms with E-state index in [1.807, 2.05) is 44.2 Å². The lowest BCUT2D eigenvalue weighted by molar-refractivity contribution is -0.145. The van der Waals surface area contributed by atoms with E-state index in [9.17, 15) is 9.90 Å². The van der Waals surface area contributed by atoms with Gasteiger partial charge in [-0.15, -0.1) is 0 Å². The van der Waals surface area contributed by atoms with Crippen molar-refractivity contribution in [3.8, 4) is 0 Å². The molecule has 1 rings (SSSR count). The second-order valence-electron chi connectivity index (χ2n) is 5.12. The molecule has 21 heavy (non-hydrogen) atoms. The third kappa shape index (κ3) is 5.02. The van der Waals surface area contributed by atoms with Crippen molar-refractivity contribution in [2.24, 2.45) is 0 Å². The molecule has 0 aliphatic carbocycles. The summed E-state index contributed by atoms with van der Waals surface area (Å²) in [6.45, 7) is 4.72. The molecule has 2 atom stereocenters. The van der Waals surface area contributed by atoms with Crippen LogP contribution in [0.2, 0.25) is 0 Å². The number of carboxylic acid groups (broad SMARTS) is 1. The molecular weight excluding hydrogens is 286 g/mol. The molecule has 3 N–H and O–H groups in total. The van der Waals surface area contributed by atoms with Gasteiger partial charge in [0.15, 0.2) is 0 Å². The minimum Gasteiger partial charge on any atom is -0.480 e. The SMILES string of the molecule is CCCNC(CCSC(C)CO)(C(=O)O)c1ccccc1. The third-order valence-electron chi connectivity index (χ3n) is 3.44. The Kier molecular flexibility index (Phi) is 7.78. The van der Waals surface area contributed by atoms with Crippen molar-refractivity contribution in [2.45, 2.75) is 37.5 Å². The first-order valence-electron chi connectivity index (χ1n) is 7.33. The number of hydrogen-bond acceptors (Lipinski definition) is 4. The molecule has 0 saturated heterocycles. The fraction of sp³-hybridized carbons (Fsp3) is 0.562. The number of thioether (sulfide) groups is 1. The van der Waals surface area contributed by atoms with E-state index in [1.54, 1.807) is 11.8 Å². The van der Waals surface area contributed by atoms with Gasteiger partial charge in [0, 0.05) is 5.25 Å². The van der Waals surface area contributed by atoms with E-state index in [-0.39, 0.29) is 11.9 Å². The molecular formula is C16H25NO3S. The molecule has 0 aliphatic rings. The van der Waals surface area contributed by atoms with Crippen LogP contribution in [0.25, 0.3) is 0 Å². The molecule has 0 saturated carbocycles. The van der Waals surface area contributed by atoms with Crippen LogP contribution in [0.4, 0.5) is 0 Å². The van der Waals surface area contributed by atoms with Crippen LogP contribution in [0.1, 0.15) is 32.3 Å². The van der Waals surface area contributed by atoms with Crippen molar-refractivity contribution >= 4 is 17.7 Å². The van der Waals surface area contributed by atoms with Crippen molar-refractivity contribution in [1.82, 2.24) is 5.32 Å². The van der Waals surface area contributed by atoms with Crippen LogP contribution in [-0.4, -0.2) is 40.3 Å². The van der Waals surface area contributed by atoms with Crippen LogP contribution in [0.15, 0.2) is 30.3 Å². The molecule has 0 aromatic heterocycles. The number of nitrogens with one attached hydrogen (secondary N) is 1. The van der Waals surface area contributed by atoms with Crippen LogP contribution in [0.3, 0.4) is 0 Å². The smallest absolute Gasteiger partial charge is 0.328 e. The summed E-state index contributed by atoms with van der Waals surface area (Å²) in [4.78, 5) is 12.0. The molecule has 4 nitrogen and oxygen atoms in total. The van der Waals surface area contributed by atoms with Gasteiger partial charge < -0.3 is 10.2 Å². The number of carboxylic acids is 1. The summed E-state index contributed by atoms with van der Waals surface area (Å²) in [5.74, 6) is -0.168. The topological polar surface area (TPSA) is 69.6 Å². The molecule has 0 heterocycles. The number of aliphatic carboxylic acids is 1. The highest BCUT2D eigenvalue weighted by atomic mass is 32.2. The molecule has 2 unspecified atom stereocenters. The highest BCUT2D eigenvalue weighted by molar-refractivity contribution is 7.99. The van der Waals surface area contributed by atoms with E-state index in [2.05, 4.69) is 5.32 Å². The highest BCUT2D eigenvalue weighted by Crippen LogP contribution is 2.28. The Morgan fingerprint density at radius 1 is 1.38 bits per heavy atom. The average molecular weight is 311 g/mol. The molecule has 1 aromatic carbocycles. The Bertz CT molecular complexity index is 427. The summed E-state index contributed by atoms with van der Waals surface area (Å²) in [7, 11) is 0. The van der Waals surface area contributed by atoms with E-state index < -0.39 is 11.5 Å². The van der Waals surface area contributed by atoms with Crippen molar-refractivity contribution in [3.63, 3.8) is 0 Å². The summed E-state index contributed by atoms with van der Waals surface area (Å²) in [6, 6.07) is 9.33. The fourth-order valence-corrected chi connectivity index (χ4v) is 3.10. The summed E-state index contributed by atoms with van der Waals surface area (Å²) < 4.78 is 0. The van der Waals surface area contributed by atoms with Gasteiger partial charge in [0.1, 0.15) is 5.54 Å². The van der Waals surface area contributed by atoms with Gasteiger partial charge in [-0.2, -0.15) is 11.8 Å². The van der Waals surface area contributed by atoms with E-state index in [0.29, 0.717) is 18.7 Å². The van der Waals surface area contributed by atoms with E-state index >= 15 is 0 Å². The molecule has 0 spiro atoms. The maximum Gasteiger partial charge on any atom is 0.328 e. The van der Waals surface area contributed by atoms with Crippen molar-refractivity contribution in [1.29, 1.82) is 0 Å². The fourth-order valence-electron chi connectivity index (χ4n) is 2.17. The van der Waals surface area contributed by atoms with Gasteiger partial charge in [-0.25, -0.2) is 4.79 Å². The first-order valence-corrected chi connectivity index (χ1v) is 8.38. The Labute approximate surface area is 131 Å². The molecule has 0 amide bonds. The summed E-state index contributed by atoms with van der Waals surface area (Å²) in [6.07, 6.45) is 1.36. The van der Waals surface area contributed by atoms with E-state index in [0.717, 1.165) is 12.0 Å². The Balaban J connectivity index is 2.93. The first-order chi connectivity index (χ1) is 10.1. The normalized spacial score (nSPS) is 15.4. The maximum absolute atomic E-state index is 12.0. The number of rotatable bonds is 10. The Hall–Kier alpha value is -1.04. The minimum absolute atomic E-state index is 0.110. The van der Waals surface area contributed by atoms with Gasteiger partial charge >= 0.3 is 5.97 Å². The van der Waals surface area contributed by atoms with Crippen molar-refractivity contribution < 1.29 is 15.0 Å². The molecule has 1 aromatic rings. The summed E-state index contributed by atoms with van der Waals surface area (Å²) in [5, 5.41) is 22.2. The van der Waals surface area contributed by atoms with Gasteiger partial charge in [0.25, 0.3) is 0 Å². The first kappa shape index (κ1) is 18.0. The van der Waals surface area contributed by atoms with Crippen LogP contribution in [0.5, 0.6) is 0 Å². The zero-order chi connectivity index (χ0) is 15.7. The number of aliphatic hydroxyl groups is 1. The van der Waals surface area contributed by atoms with Gasteiger partial charge in [0.05, 0.1) is 6.61 Å². The molecule has 5 heteroatoms. The quantitative estimate of drug-likeness (QED) is 0.619. The molecule has 0 bridgehead atoms. The average Bonchev–Trinajstić information content (AvgIpc) is 2.51. The van der Waals surface area contributed by atoms with Gasteiger partial charge in [-0.05, 0) is 30.7 Å². The number of hydrogen-bond donors (Lipinski definition) is 3. The molecule has 0 aliphatic heterocycles. The third-order valence-corrected chi connectivity index (χ3v) is 4.60. The largest absolute Gasteiger partial charge is 0.480 e. The minimum atomic E-state index is -1.06. The second-order valence-corrected chi connectivity index (χ2v) is 6.66. The number of aliphatic hydroxyl groups excluding tert-OH is 1.